The van der Waals surface area contributed by atoms with E-state index in [4.69, 9.17) is 11.6 Å². The quantitative estimate of drug-likeness (QED) is 0.805. The number of rotatable bonds is 2. The second kappa shape index (κ2) is 4.68. The van der Waals surface area contributed by atoms with Crippen LogP contribution in [0.3, 0.4) is 0 Å². The van der Waals surface area contributed by atoms with Gasteiger partial charge in [0.25, 0.3) is 5.91 Å². The average molecular weight is 256 g/mol. The maximum atomic E-state index is 12.2. The summed E-state index contributed by atoms with van der Waals surface area (Å²) in [5.41, 5.74) is 0.545. The highest BCUT2D eigenvalue weighted by Gasteiger charge is 2.27. The molecule has 0 bridgehead atoms. The van der Waals surface area contributed by atoms with E-state index >= 15 is 0 Å². The molecule has 1 aromatic rings. The summed E-state index contributed by atoms with van der Waals surface area (Å²) in [6, 6.07) is 5.60. The van der Waals surface area contributed by atoms with Crippen LogP contribution in [0.2, 0.25) is 5.02 Å². The summed E-state index contributed by atoms with van der Waals surface area (Å²) in [6.07, 6.45) is 3.41. The summed E-state index contributed by atoms with van der Waals surface area (Å²) in [6.45, 7) is 0. The van der Waals surface area contributed by atoms with Gasteiger partial charge in [-0.2, -0.15) is 0 Å². The van der Waals surface area contributed by atoms with Gasteiger partial charge >= 0.3 is 0 Å². The van der Waals surface area contributed by atoms with Crippen LogP contribution in [0.15, 0.2) is 23.1 Å². The van der Waals surface area contributed by atoms with E-state index in [9.17, 15) is 4.79 Å². The van der Waals surface area contributed by atoms with Crippen molar-refractivity contribution in [1.82, 2.24) is 4.90 Å². The van der Waals surface area contributed by atoms with Crippen LogP contribution in [0.25, 0.3) is 0 Å². The Bertz CT molecular complexity index is 417. The Morgan fingerprint density at radius 3 is 2.75 bits per heavy atom. The van der Waals surface area contributed by atoms with Gasteiger partial charge in [0.2, 0.25) is 0 Å². The molecule has 0 unspecified atom stereocenters. The van der Waals surface area contributed by atoms with Crippen LogP contribution >= 0.6 is 24.2 Å². The van der Waals surface area contributed by atoms with Gasteiger partial charge in [-0.05, 0) is 37.5 Å². The topological polar surface area (TPSA) is 20.3 Å². The summed E-state index contributed by atoms with van der Waals surface area (Å²) >= 11 is 10.2. The van der Waals surface area contributed by atoms with Crippen LogP contribution in [0, 0.1) is 0 Å². The molecule has 1 amide bonds. The van der Waals surface area contributed by atoms with Gasteiger partial charge in [-0.15, -0.1) is 12.6 Å². The van der Waals surface area contributed by atoms with E-state index in [2.05, 4.69) is 12.6 Å². The van der Waals surface area contributed by atoms with Gasteiger partial charge in [0.05, 0.1) is 10.6 Å². The second-order valence-electron chi connectivity index (χ2n) is 4.16. The highest BCUT2D eigenvalue weighted by molar-refractivity contribution is 7.80. The molecule has 0 aromatic heterocycles. The van der Waals surface area contributed by atoms with Crippen molar-refractivity contribution >= 4 is 30.1 Å². The molecule has 2 nitrogen and oxygen atoms in total. The van der Waals surface area contributed by atoms with E-state index in [0.717, 1.165) is 17.7 Å². The summed E-state index contributed by atoms with van der Waals surface area (Å²) in [4.78, 5) is 14.7. The normalized spacial score (nSPS) is 15.7. The summed E-state index contributed by atoms with van der Waals surface area (Å²) < 4.78 is 0. The van der Waals surface area contributed by atoms with Crippen molar-refractivity contribution in [3.05, 3.63) is 28.8 Å². The van der Waals surface area contributed by atoms with E-state index in [1.54, 1.807) is 23.1 Å². The van der Waals surface area contributed by atoms with Crippen LogP contribution in [0.1, 0.15) is 29.6 Å². The van der Waals surface area contributed by atoms with Crippen LogP contribution in [0.5, 0.6) is 0 Å². The average Bonchev–Trinajstić information content (AvgIpc) is 2.18. The van der Waals surface area contributed by atoms with Crippen molar-refractivity contribution in [3.8, 4) is 0 Å². The lowest BCUT2D eigenvalue weighted by Gasteiger charge is -2.34. The molecule has 1 aromatic carbocycles. The van der Waals surface area contributed by atoms with E-state index in [-0.39, 0.29) is 5.91 Å². The molecule has 1 aliphatic rings. The Kier molecular flexibility index (Phi) is 3.45. The first-order chi connectivity index (χ1) is 7.59. The number of nitrogens with zero attached hydrogens (tertiary/aromatic N) is 1. The molecule has 0 N–H and O–H groups in total. The van der Waals surface area contributed by atoms with Crippen molar-refractivity contribution in [3.63, 3.8) is 0 Å². The Balaban J connectivity index is 2.22. The maximum Gasteiger partial charge on any atom is 0.255 e. The van der Waals surface area contributed by atoms with Crippen molar-refractivity contribution in [2.24, 2.45) is 0 Å². The number of benzene rings is 1. The zero-order valence-corrected chi connectivity index (χ0v) is 10.8. The first kappa shape index (κ1) is 11.8. The van der Waals surface area contributed by atoms with Gasteiger partial charge in [0, 0.05) is 18.0 Å². The fourth-order valence-electron chi connectivity index (χ4n) is 1.81. The lowest BCUT2D eigenvalue weighted by molar-refractivity contribution is 0.0652. The van der Waals surface area contributed by atoms with Crippen molar-refractivity contribution in [2.75, 3.05) is 7.05 Å². The molecular formula is C12H14ClNOS. The molecule has 0 spiro atoms. The summed E-state index contributed by atoms with van der Waals surface area (Å²) in [5, 5.41) is 0.494. The minimum absolute atomic E-state index is 0.00870. The molecule has 1 fully saturated rings. The zero-order chi connectivity index (χ0) is 11.7. The molecule has 4 heteroatoms. The van der Waals surface area contributed by atoms with Crippen molar-refractivity contribution in [1.29, 1.82) is 0 Å². The van der Waals surface area contributed by atoms with Crippen molar-refractivity contribution < 1.29 is 4.79 Å². The molecule has 0 atom stereocenters. The lowest BCUT2D eigenvalue weighted by atomic mass is 9.91. The second-order valence-corrected chi connectivity index (χ2v) is 5.09. The number of amides is 1. The molecular weight excluding hydrogens is 242 g/mol. The van der Waals surface area contributed by atoms with Gasteiger partial charge in [-0.1, -0.05) is 11.6 Å². The first-order valence-corrected chi connectivity index (χ1v) is 6.18. The first-order valence-electron chi connectivity index (χ1n) is 5.35. The minimum atomic E-state index is -0.00870. The molecule has 2 rings (SSSR count). The molecule has 86 valence electrons. The van der Waals surface area contributed by atoms with Gasteiger partial charge in [-0.3, -0.25) is 4.79 Å². The Morgan fingerprint density at radius 1 is 1.50 bits per heavy atom. The molecule has 0 heterocycles. The van der Waals surface area contributed by atoms with Gasteiger partial charge < -0.3 is 4.90 Å². The van der Waals surface area contributed by atoms with E-state index in [1.807, 2.05) is 7.05 Å². The van der Waals surface area contributed by atoms with Crippen LogP contribution in [-0.2, 0) is 0 Å². The maximum absolute atomic E-state index is 12.2. The van der Waals surface area contributed by atoms with Crippen molar-refractivity contribution in [2.45, 2.75) is 30.2 Å². The largest absolute Gasteiger partial charge is 0.339 e. The molecule has 0 aliphatic heterocycles. The number of halogens is 1. The number of thiol groups is 1. The zero-order valence-electron chi connectivity index (χ0n) is 9.11. The van der Waals surface area contributed by atoms with Crippen LogP contribution < -0.4 is 0 Å². The highest BCUT2D eigenvalue weighted by atomic mass is 35.5. The van der Waals surface area contributed by atoms with E-state index < -0.39 is 0 Å². The fraction of sp³-hybridized carbons (Fsp3) is 0.417. The standard InChI is InChI=1S/C12H14ClNOS/c1-14(8-3-2-4-8)12(15)10-7-9(16)5-6-11(10)13/h5-8,16H,2-4H2,1H3. The van der Waals surface area contributed by atoms with E-state index in [1.165, 1.54) is 6.42 Å². The predicted octanol–water partition coefficient (Wildman–Crippen LogP) is 3.25. The molecule has 0 saturated heterocycles. The van der Waals surface area contributed by atoms with Crippen LogP contribution in [0.4, 0.5) is 0 Å². The SMILES string of the molecule is CN(C(=O)c1cc(S)ccc1Cl)C1CCC1. The Labute approximate surface area is 106 Å². The molecule has 16 heavy (non-hydrogen) atoms. The van der Waals surface area contributed by atoms with Gasteiger partial charge in [0.1, 0.15) is 0 Å². The number of carbonyl (C=O) groups excluding carboxylic acids is 1. The highest BCUT2D eigenvalue weighted by Crippen LogP contribution is 2.27. The monoisotopic (exact) mass is 255 g/mol. The number of hydrogen-bond donors (Lipinski definition) is 1. The fourth-order valence-corrected chi connectivity index (χ4v) is 2.21. The molecule has 1 saturated carbocycles. The number of hydrogen-bond acceptors (Lipinski definition) is 2. The number of carbonyl (C=O) groups is 1. The third kappa shape index (κ3) is 2.20. The third-order valence-electron chi connectivity index (χ3n) is 3.12. The Morgan fingerprint density at radius 2 is 2.19 bits per heavy atom. The summed E-state index contributed by atoms with van der Waals surface area (Å²) in [7, 11) is 1.84. The summed E-state index contributed by atoms with van der Waals surface area (Å²) in [5.74, 6) is -0.00870. The Hall–Kier alpha value is -0.670. The lowest BCUT2D eigenvalue weighted by Crippen LogP contribution is -2.41. The predicted molar refractivity (Wildman–Crippen MR) is 68.4 cm³/mol. The molecule has 1 aliphatic carbocycles. The van der Waals surface area contributed by atoms with E-state index in [0.29, 0.717) is 16.6 Å². The third-order valence-corrected chi connectivity index (χ3v) is 3.73. The van der Waals surface area contributed by atoms with Gasteiger partial charge in [0.15, 0.2) is 0 Å². The van der Waals surface area contributed by atoms with Crippen LogP contribution in [-0.4, -0.2) is 23.9 Å². The minimum Gasteiger partial charge on any atom is -0.339 e. The molecule has 0 radical (unpaired) electrons. The smallest absolute Gasteiger partial charge is 0.255 e. The van der Waals surface area contributed by atoms with Gasteiger partial charge in [-0.25, -0.2) is 0 Å².